The van der Waals surface area contributed by atoms with Crippen LogP contribution in [0.25, 0.3) is 11.8 Å². The molecule has 1 fully saturated rings. The van der Waals surface area contributed by atoms with Crippen LogP contribution in [0, 0.1) is 27.7 Å². The second-order valence-electron chi connectivity index (χ2n) is 7.93. The summed E-state index contributed by atoms with van der Waals surface area (Å²) in [5.74, 6) is -1.46. The molecule has 1 aliphatic rings. The number of imide groups is 2. The maximum Gasteiger partial charge on any atom is 0.335 e. The van der Waals surface area contributed by atoms with Crippen LogP contribution in [0.5, 0.6) is 0 Å². The van der Waals surface area contributed by atoms with Gasteiger partial charge in [0.1, 0.15) is 5.57 Å². The Hall–Kier alpha value is -3.35. The number of anilines is 1. The largest absolute Gasteiger partial charge is 0.335 e. The van der Waals surface area contributed by atoms with E-state index in [0.29, 0.717) is 26.9 Å². The van der Waals surface area contributed by atoms with Crippen LogP contribution in [0.15, 0.2) is 48.0 Å². The molecule has 6 nitrogen and oxygen atoms in total. The van der Waals surface area contributed by atoms with E-state index in [4.69, 9.17) is 23.2 Å². The Labute approximate surface area is 201 Å². The van der Waals surface area contributed by atoms with E-state index < -0.39 is 17.8 Å². The fourth-order valence-corrected chi connectivity index (χ4v) is 4.33. The molecule has 4 amide bonds. The molecule has 0 aliphatic carbocycles. The minimum absolute atomic E-state index is 0.142. The third-order valence-corrected chi connectivity index (χ3v) is 6.41. The van der Waals surface area contributed by atoms with Crippen molar-refractivity contribution < 1.29 is 14.4 Å². The van der Waals surface area contributed by atoms with E-state index in [1.54, 1.807) is 25.1 Å². The lowest BCUT2D eigenvalue weighted by atomic mass is 10.1. The number of hydrogen-bond acceptors (Lipinski definition) is 3. The van der Waals surface area contributed by atoms with Gasteiger partial charge in [0.25, 0.3) is 11.8 Å². The first-order chi connectivity index (χ1) is 15.6. The van der Waals surface area contributed by atoms with Crippen LogP contribution in [0.4, 0.5) is 10.5 Å². The van der Waals surface area contributed by atoms with Crippen LogP contribution in [-0.2, 0) is 9.59 Å². The molecular formula is C25H21Cl2N3O3. The Bertz CT molecular complexity index is 1370. The molecule has 2 aromatic carbocycles. The number of carbonyl (C=O) groups excluding carboxylic acids is 3. The summed E-state index contributed by atoms with van der Waals surface area (Å²) in [6, 6.07) is 11.6. The number of rotatable bonds is 3. The van der Waals surface area contributed by atoms with Crippen LogP contribution >= 0.6 is 23.2 Å². The molecule has 1 aliphatic heterocycles. The van der Waals surface area contributed by atoms with Gasteiger partial charge in [0.05, 0.1) is 5.69 Å². The van der Waals surface area contributed by atoms with Gasteiger partial charge in [0.15, 0.2) is 0 Å². The molecule has 3 aromatic rings. The lowest BCUT2D eigenvalue weighted by Crippen LogP contribution is -2.54. The zero-order chi connectivity index (χ0) is 24.0. The topological polar surface area (TPSA) is 71.4 Å². The van der Waals surface area contributed by atoms with Crippen molar-refractivity contribution in [2.45, 2.75) is 27.7 Å². The SMILES string of the molecule is Cc1ccc(Cl)cc1-n1c(C)cc(/C=C2\C(=O)NC(=O)N(c3cccc(Cl)c3C)C2=O)c1C. The van der Waals surface area contributed by atoms with Crippen LogP contribution in [0.2, 0.25) is 10.0 Å². The molecule has 0 spiro atoms. The summed E-state index contributed by atoms with van der Waals surface area (Å²) in [7, 11) is 0. The van der Waals surface area contributed by atoms with E-state index in [-0.39, 0.29) is 5.57 Å². The number of carbonyl (C=O) groups is 3. The quantitative estimate of drug-likeness (QED) is 0.386. The number of aromatic nitrogens is 1. The number of aryl methyl sites for hydroxylation is 2. The molecule has 0 unspecified atom stereocenters. The first-order valence-corrected chi connectivity index (χ1v) is 11.0. The molecule has 33 heavy (non-hydrogen) atoms. The minimum atomic E-state index is -0.812. The predicted molar refractivity (Wildman–Crippen MR) is 130 cm³/mol. The highest BCUT2D eigenvalue weighted by atomic mass is 35.5. The maximum absolute atomic E-state index is 13.3. The third kappa shape index (κ3) is 3.96. The van der Waals surface area contributed by atoms with Gasteiger partial charge in [-0.3, -0.25) is 14.9 Å². The van der Waals surface area contributed by atoms with Gasteiger partial charge in [0.2, 0.25) is 0 Å². The fraction of sp³-hybridized carbons (Fsp3) is 0.160. The number of barbiturate groups is 1. The van der Waals surface area contributed by atoms with Crippen molar-refractivity contribution in [1.82, 2.24) is 9.88 Å². The lowest BCUT2D eigenvalue weighted by Gasteiger charge is -2.27. The molecule has 0 atom stereocenters. The van der Waals surface area contributed by atoms with Crippen molar-refractivity contribution in [3.8, 4) is 5.69 Å². The number of halogens is 2. The number of nitrogens with zero attached hydrogens (tertiary/aromatic N) is 2. The van der Waals surface area contributed by atoms with E-state index >= 15 is 0 Å². The Balaban J connectivity index is 1.81. The number of nitrogens with one attached hydrogen (secondary N) is 1. The summed E-state index contributed by atoms with van der Waals surface area (Å²) in [5.41, 5.74) is 5.10. The molecule has 4 rings (SSSR count). The zero-order valence-corrected chi connectivity index (χ0v) is 20.0. The summed E-state index contributed by atoms with van der Waals surface area (Å²) >= 11 is 12.4. The summed E-state index contributed by atoms with van der Waals surface area (Å²) in [4.78, 5) is 39.4. The molecule has 2 heterocycles. The normalized spacial score (nSPS) is 15.4. The van der Waals surface area contributed by atoms with Gasteiger partial charge in [-0.2, -0.15) is 0 Å². The van der Waals surface area contributed by atoms with Crippen molar-refractivity contribution in [3.63, 3.8) is 0 Å². The Kier molecular flexibility index (Phi) is 5.91. The van der Waals surface area contributed by atoms with Gasteiger partial charge in [0, 0.05) is 27.1 Å². The molecule has 0 radical (unpaired) electrons. The van der Waals surface area contributed by atoms with Gasteiger partial charge < -0.3 is 4.57 Å². The Morgan fingerprint density at radius 3 is 2.36 bits per heavy atom. The van der Waals surface area contributed by atoms with Crippen LogP contribution in [0.1, 0.15) is 28.1 Å². The first-order valence-electron chi connectivity index (χ1n) is 10.2. The number of urea groups is 1. The molecule has 0 saturated carbocycles. The highest BCUT2D eigenvalue weighted by molar-refractivity contribution is 6.40. The van der Waals surface area contributed by atoms with E-state index in [9.17, 15) is 14.4 Å². The van der Waals surface area contributed by atoms with E-state index in [2.05, 4.69) is 5.32 Å². The van der Waals surface area contributed by atoms with Crippen LogP contribution < -0.4 is 10.2 Å². The smallest absolute Gasteiger partial charge is 0.318 e. The van der Waals surface area contributed by atoms with Crippen LogP contribution in [0.3, 0.4) is 0 Å². The molecule has 8 heteroatoms. The molecule has 1 aromatic heterocycles. The zero-order valence-electron chi connectivity index (χ0n) is 18.5. The summed E-state index contributed by atoms with van der Waals surface area (Å²) in [6.45, 7) is 7.52. The van der Waals surface area contributed by atoms with E-state index in [1.165, 1.54) is 6.08 Å². The molecule has 0 bridgehead atoms. The Morgan fingerprint density at radius 2 is 1.64 bits per heavy atom. The fourth-order valence-electron chi connectivity index (χ4n) is 4.00. The molecule has 168 valence electrons. The second kappa shape index (κ2) is 8.54. The second-order valence-corrected chi connectivity index (χ2v) is 8.78. The third-order valence-electron chi connectivity index (χ3n) is 5.76. The minimum Gasteiger partial charge on any atom is -0.318 e. The van der Waals surface area contributed by atoms with Gasteiger partial charge in [-0.1, -0.05) is 35.3 Å². The van der Waals surface area contributed by atoms with Crippen molar-refractivity contribution in [1.29, 1.82) is 0 Å². The molecule has 1 saturated heterocycles. The first kappa shape index (κ1) is 22.8. The predicted octanol–water partition coefficient (Wildman–Crippen LogP) is 5.68. The highest BCUT2D eigenvalue weighted by Gasteiger charge is 2.37. The average molecular weight is 482 g/mol. The summed E-state index contributed by atoms with van der Waals surface area (Å²) in [5, 5.41) is 3.28. The van der Waals surface area contributed by atoms with Crippen molar-refractivity contribution in [2.75, 3.05) is 4.90 Å². The van der Waals surface area contributed by atoms with Gasteiger partial charge in [-0.15, -0.1) is 0 Å². The van der Waals surface area contributed by atoms with E-state index in [1.807, 2.05) is 49.6 Å². The molecular weight excluding hydrogens is 461 g/mol. The van der Waals surface area contributed by atoms with Crippen molar-refractivity contribution in [2.24, 2.45) is 0 Å². The molecule has 1 N–H and O–H groups in total. The van der Waals surface area contributed by atoms with Crippen molar-refractivity contribution in [3.05, 3.63) is 86.2 Å². The number of benzene rings is 2. The number of amides is 4. The monoisotopic (exact) mass is 481 g/mol. The number of hydrogen-bond donors (Lipinski definition) is 1. The van der Waals surface area contributed by atoms with Gasteiger partial charge >= 0.3 is 6.03 Å². The van der Waals surface area contributed by atoms with E-state index in [0.717, 1.165) is 27.5 Å². The summed E-state index contributed by atoms with van der Waals surface area (Å²) < 4.78 is 2.02. The maximum atomic E-state index is 13.3. The van der Waals surface area contributed by atoms with Gasteiger partial charge in [-0.25, -0.2) is 9.69 Å². The van der Waals surface area contributed by atoms with Crippen molar-refractivity contribution >= 4 is 52.8 Å². The van der Waals surface area contributed by atoms with Crippen LogP contribution in [-0.4, -0.2) is 22.4 Å². The summed E-state index contributed by atoms with van der Waals surface area (Å²) in [6.07, 6.45) is 1.51. The standard InChI is InChI=1S/C25H21Cl2N3O3/c1-13-8-9-18(26)12-22(13)29-14(2)10-17(16(29)4)11-19-23(31)28-25(33)30(24(19)32)21-7-5-6-20(27)15(21)3/h5-12H,1-4H3,(H,28,31,33)/b19-11+. The average Bonchev–Trinajstić information content (AvgIpc) is 3.03. The highest BCUT2D eigenvalue weighted by Crippen LogP contribution is 2.31. The van der Waals surface area contributed by atoms with Gasteiger partial charge in [-0.05, 0) is 80.8 Å². The Morgan fingerprint density at radius 1 is 0.909 bits per heavy atom. The lowest BCUT2D eigenvalue weighted by molar-refractivity contribution is -0.122.